The molecule has 0 saturated heterocycles. The fourth-order valence-corrected chi connectivity index (χ4v) is 1.75. The number of para-hydroxylation sites is 1. The van der Waals surface area contributed by atoms with Gasteiger partial charge in [-0.1, -0.05) is 48.5 Å². The number of nitrogens with one attached hydrogen (secondary N) is 1. The minimum atomic E-state index is -0.0691. The summed E-state index contributed by atoms with van der Waals surface area (Å²) in [6, 6.07) is 19.7. The Kier molecular flexibility index (Phi) is 5.41. The molecule has 0 spiro atoms. The third-order valence-corrected chi connectivity index (χ3v) is 2.85. The zero-order valence-corrected chi connectivity index (χ0v) is 10.8. The molecule has 0 radical (unpaired) electrons. The lowest BCUT2D eigenvalue weighted by Crippen LogP contribution is -2.37. The van der Waals surface area contributed by atoms with Crippen LogP contribution >= 0.6 is 0 Å². The third kappa shape index (κ3) is 4.73. The first kappa shape index (κ1) is 13.6. The third-order valence-electron chi connectivity index (χ3n) is 2.85. The van der Waals surface area contributed by atoms with E-state index in [4.69, 9.17) is 4.74 Å². The molecule has 3 heteroatoms. The van der Waals surface area contributed by atoms with Crippen LogP contribution in [0.2, 0.25) is 0 Å². The van der Waals surface area contributed by atoms with Gasteiger partial charge in [0.15, 0.2) is 0 Å². The molecular formula is C16H19NO2. The summed E-state index contributed by atoms with van der Waals surface area (Å²) in [7, 11) is 0. The molecule has 0 bridgehead atoms. The molecule has 0 fully saturated rings. The molecule has 0 amide bonds. The number of aliphatic hydroxyl groups is 1. The maximum atomic E-state index is 9.34. The summed E-state index contributed by atoms with van der Waals surface area (Å²) < 4.78 is 5.62. The quantitative estimate of drug-likeness (QED) is 0.799. The Morgan fingerprint density at radius 1 is 0.947 bits per heavy atom. The number of hydrogen-bond acceptors (Lipinski definition) is 3. The Morgan fingerprint density at radius 3 is 2.21 bits per heavy atom. The summed E-state index contributed by atoms with van der Waals surface area (Å²) in [6.45, 7) is 1.23. The molecule has 0 saturated carbocycles. The highest BCUT2D eigenvalue weighted by Crippen LogP contribution is 2.08. The first-order valence-corrected chi connectivity index (χ1v) is 6.44. The van der Waals surface area contributed by atoms with Gasteiger partial charge in [-0.2, -0.15) is 0 Å². The molecule has 0 aliphatic heterocycles. The van der Waals surface area contributed by atoms with Crippen molar-refractivity contribution in [2.45, 2.75) is 12.6 Å². The summed E-state index contributed by atoms with van der Waals surface area (Å²) in [5.74, 6) is 0.822. The van der Waals surface area contributed by atoms with E-state index >= 15 is 0 Å². The molecule has 3 nitrogen and oxygen atoms in total. The van der Waals surface area contributed by atoms with Gasteiger partial charge < -0.3 is 15.2 Å². The molecule has 0 aromatic heterocycles. The summed E-state index contributed by atoms with van der Waals surface area (Å²) in [5, 5.41) is 12.6. The van der Waals surface area contributed by atoms with Crippen LogP contribution in [0.3, 0.4) is 0 Å². The van der Waals surface area contributed by atoms with Crippen LogP contribution in [0.15, 0.2) is 60.7 Å². The summed E-state index contributed by atoms with van der Waals surface area (Å²) in [6.07, 6.45) is 0. The molecule has 0 unspecified atom stereocenters. The molecule has 2 aromatic rings. The zero-order valence-electron chi connectivity index (χ0n) is 10.8. The van der Waals surface area contributed by atoms with Crippen LogP contribution in [0.1, 0.15) is 5.56 Å². The van der Waals surface area contributed by atoms with E-state index in [1.165, 1.54) is 5.56 Å². The summed E-state index contributed by atoms with van der Waals surface area (Å²) >= 11 is 0. The van der Waals surface area contributed by atoms with Gasteiger partial charge in [0.25, 0.3) is 0 Å². The SMILES string of the molecule is OC[C@H](COc1ccccc1)NCc1ccccc1. The zero-order chi connectivity index (χ0) is 13.3. The maximum absolute atomic E-state index is 9.34. The normalized spacial score (nSPS) is 12.1. The number of ether oxygens (including phenoxy) is 1. The highest BCUT2D eigenvalue weighted by Gasteiger charge is 2.07. The fraction of sp³-hybridized carbons (Fsp3) is 0.250. The highest BCUT2D eigenvalue weighted by molar-refractivity contribution is 5.21. The van der Waals surface area contributed by atoms with Gasteiger partial charge in [0.05, 0.1) is 12.6 Å². The summed E-state index contributed by atoms with van der Waals surface area (Å²) in [5.41, 5.74) is 1.20. The van der Waals surface area contributed by atoms with Crippen molar-refractivity contribution in [3.63, 3.8) is 0 Å². The lowest BCUT2D eigenvalue weighted by Gasteiger charge is -2.17. The van der Waals surface area contributed by atoms with E-state index in [2.05, 4.69) is 17.4 Å². The second-order valence-corrected chi connectivity index (χ2v) is 4.37. The number of hydrogen-bond donors (Lipinski definition) is 2. The molecule has 1 atom stereocenters. The van der Waals surface area contributed by atoms with Crippen molar-refractivity contribution in [1.29, 1.82) is 0 Å². The van der Waals surface area contributed by atoms with Crippen LogP contribution in [-0.4, -0.2) is 24.4 Å². The second kappa shape index (κ2) is 7.56. The average molecular weight is 257 g/mol. The van der Waals surface area contributed by atoms with Crippen molar-refractivity contribution in [3.8, 4) is 5.75 Å². The predicted molar refractivity (Wildman–Crippen MR) is 76.1 cm³/mol. The lowest BCUT2D eigenvalue weighted by atomic mass is 10.2. The van der Waals surface area contributed by atoms with E-state index in [0.717, 1.165) is 12.3 Å². The molecule has 2 rings (SSSR count). The van der Waals surface area contributed by atoms with Gasteiger partial charge >= 0.3 is 0 Å². The fourth-order valence-electron chi connectivity index (χ4n) is 1.75. The van der Waals surface area contributed by atoms with E-state index in [1.807, 2.05) is 48.5 Å². The topological polar surface area (TPSA) is 41.5 Å². The van der Waals surface area contributed by atoms with Crippen LogP contribution in [0, 0.1) is 0 Å². The molecule has 100 valence electrons. The van der Waals surface area contributed by atoms with Crippen molar-refractivity contribution in [2.24, 2.45) is 0 Å². The van der Waals surface area contributed by atoms with Crippen molar-refractivity contribution < 1.29 is 9.84 Å². The molecule has 2 aromatic carbocycles. The van der Waals surface area contributed by atoms with Gasteiger partial charge in [-0.3, -0.25) is 0 Å². The molecule has 0 aliphatic rings. The molecular weight excluding hydrogens is 238 g/mol. The number of rotatable bonds is 7. The highest BCUT2D eigenvalue weighted by atomic mass is 16.5. The monoisotopic (exact) mass is 257 g/mol. The maximum Gasteiger partial charge on any atom is 0.119 e. The first-order valence-electron chi connectivity index (χ1n) is 6.44. The van der Waals surface area contributed by atoms with Crippen LogP contribution in [0.25, 0.3) is 0 Å². The van der Waals surface area contributed by atoms with Crippen LogP contribution in [0.5, 0.6) is 5.75 Å². The van der Waals surface area contributed by atoms with Crippen molar-refractivity contribution in [2.75, 3.05) is 13.2 Å². The van der Waals surface area contributed by atoms with E-state index in [1.54, 1.807) is 0 Å². The lowest BCUT2D eigenvalue weighted by molar-refractivity contribution is 0.182. The Hall–Kier alpha value is -1.84. The van der Waals surface area contributed by atoms with Gasteiger partial charge in [0.1, 0.15) is 12.4 Å². The van der Waals surface area contributed by atoms with Crippen molar-refractivity contribution in [3.05, 3.63) is 66.2 Å². The van der Waals surface area contributed by atoms with Gasteiger partial charge in [0.2, 0.25) is 0 Å². The van der Waals surface area contributed by atoms with E-state index in [9.17, 15) is 5.11 Å². The molecule has 0 aliphatic carbocycles. The first-order chi connectivity index (χ1) is 9.38. The average Bonchev–Trinajstić information content (AvgIpc) is 2.49. The molecule has 0 heterocycles. The van der Waals surface area contributed by atoms with Gasteiger partial charge in [0, 0.05) is 6.54 Å². The molecule has 19 heavy (non-hydrogen) atoms. The minimum absolute atomic E-state index is 0.0552. The number of benzene rings is 2. The van der Waals surface area contributed by atoms with Crippen LogP contribution in [0.4, 0.5) is 0 Å². The smallest absolute Gasteiger partial charge is 0.119 e. The second-order valence-electron chi connectivity index (χ2n) is 4.37. The van der Waals surface area contributed by atoms with E-state index in [0.29, 0.717) is 6.61 Å². The Labute approximate surface area is 113 Å². The molecule has 2 N–H and O–H groups in total. The van der Waals surface area contributed by atoms with E-state index in [-0.39, 0.29) is 12.6 Å². The van der Waals surface area contributed by atoms with Crippen molar-refractivity contribution >= 4 is 0 Å². The van der Waals surface area contributed by atoms with E-state index < -0.39 is 0 Å². The van der Waals surface area contributed by atoms with Crippen LogP contribution < -0.4 is 10.1 Å². The van der Waals surface area contributed by atoms with Gasteiger partial charge in [-0.25, -0.2) is 0 Å². The number of aliphatic hydroxyl groups excluding tert-OH is 1. The van der Waals surface area contributed by atoms with Crippen molar-refractivity contribution in [1.82, 2.24) is 5.32 Å². The minimum Gasteiger partial charge on any atom is -0.492 e. The van der Waals surface area contributed by atoms with Gasteiger partial charge in [-0.15, -0.1) is 0 Å². The Bertz CT molecular complexity index is 415. The Morgan fingerprint density at radius 2 is 1.58 bits per heavy atom. The van der Waals surface area contributed by atoms with Crippen LogP contribution in [-0.2, 0) is 6.54 Å². The van der Waals surface area contributed by atoms with Gasteiger partial charge in [-0.05, 0) is 17.7 Å². The standard InChI is InChI=1S/C16H19NO2/c18-12-15(13-19-16-9-5-2-6-10-16)17-11-14-7-3-1-4-8-14/h1-10,15,17-18H,11-13H2/t15-/m1/s1. The largest absolute Gasteiger partial charge is 0.492 e. The Balaban J connectivity index is 1.77. The summed E-state index contributed by atoms with van der Waals surface area (Å²) in [4.78, 5) is 0. The predicted octanol–water partition coefficient (Wildman–Crippen LogP) is 2.22.